The second kappa shape index (κ2) is 14.1. The summed E-state index contributed by atoms with van der Waals surface area (Å²) in [6, 6.07) is 27.3. The van der Waals surface area contributed by atoms with Crippen molar-refractivity contribution in [1.82, 2.24) is 15.0 Å². The smallest absolute Gasteiger partial charge is 0.216 e. The topological polar surface area (TPSA) is 51.8 Å². The predicted octanol–water partition coefficient (Wildman–Crippen LogP) is 9.32. The Hall–Kier alpha value is -3.12. The first-order chi connectivity index (χ1) is 21.2. The quantitative estimate of drug-likeness (QED) is 0.129. The maximum Gasteiger partial charge on any atom is 0.216 e. The van der Waals surface area contributed by atoms with Gasteiger partial charge in [0, 0.05) is 37.4 Å². The first-order valence-electron chi connectivity index (χ1n) is 15.8. The van der Waals surface area contributed by atoms with E-state index in [-0.39, 0.29) is 20.1 Å². The molecule has 0 atom stereocenters. The monoisotopic (exact) mass is 834 g/mol. The van der Waals surface area contributed by atoms with Crippen molar-refractivity contribution < 1.29 is 24.5 Å². The van der Waals surface area contributed by atoms with Crippen LogP contribution in [0, 0.1) is 25.0 Å². The fraction of sp³-hybridized carbons (Fsp3) is 0.308. The van der Waals surface area contributed by atoms with E-state index in [2.05, 4.69) is 89.7 Å². The summed E-state index contributed by atoms with van der Waals surface area (Å²) in [4.78, 5) is 13.9. The number of fused-ring (bicyclic) bond motifs is 4. The van der Waals surface area contributed by atoms with Gasteiger partial charge in [0.2, 0.25) is 5.71 Å². The van der Waals surface area contributed by atoms with Gasteiger partial charge < -0.3 is 9.40 Å². The maximum atomic E-state index is 6.13. The SMILES string of the molecule is CC(C)Cc1cc(-c2[c-]cccc2)nc[c]1[Ge]([CH3])([CH3])[CH3].Cc1ccc2c(n1)oc1c(-c3nccc4c3CCCC4)[c-]ccc12.[Ir]. The third-order valence-electron chi connectivity index (χ3n) is 8.36. The van der Waals surface area contributed by atoms with Crippen molar-refractivity contribution in [3.05, 3.63) is 108 Å². The van der Waals surface area contributed by atoms with E-state index >= 15 is 0 Å². The number of nitrogens with zero attached hydrogens (tertiary/aromatic N) is 3. The minimum Gasteiger partial charge on any atom is -0.486 e. The number of hydrogen-bond acceptors (Lipinski definition) is 4. The van der Waals surface area contributed by atoms with E-state index in [0.717, 1.165) is 63.8 Å². The number of benzene rings is 2. The molecule has 0 N–H and O–H groups in total. The van der Waals surface area contributed by atoms with Gasteiger partial charge in [0.25, 0.3) is 0 Å². The number of rotatable bonds is 5. The fourth-order valence-electron chi connectivity index (χ4n) is 6.25. The molecule has 0 unspecified atom stereocenters. The molecule has 2 aromatic carbocycles. The van der Waals surface area contributed by atoms with Crippen LogP contribution >= 0.6 is 0 Å². The first kappa shape index (κ1) is 33.3. The van der Waals surface area contributed by atoms with Gasteiger partial charge in [-0.3, -0.25) is 0 Å². The van der Waals surface area contributed by atoms with E-state index in [0.29, 0.717) is 11.6 Å². The summed E-state index contributed by atoms with van der Waals surface area (Å²) in [5.41, 5.74) is 10.9. The molecule has 0 saturated heterocycles. The Balaban J connectivity index is 0.000000177. The van der Waals surface area contributed by atoms with Crippen LogP contribution in [0.15, 0.2) is 77.5 Å². The van der Waals surface area contributed by atoms with Crippen LogP contribution in [0.25, 0.3) is 44.6 Å². The van der Waals surface area contributed by atoms with Crippen LogP contribution in [-0.2, 0) is 39.4 Å². The normalized spacial score (nSPS) is 12.9. The zero-order valence-corrected chi connectivity index (χ0v) is 31.6. The van der Waals surface area contributed by atoms with Gasteiger partial charge in [-0.1, -0.05) is 22.1 Å². The minimum absolute atomic E-state index is 0. The Bertz CT molecular complexity index is 1930. The van der Waals surface area contributed by atoms with E-state index in [1.54, 1.807) is 4.40 Å². The summed E-state index contributed by atoms with van der Waals surface area (Å²) < 4.78 is 7.67. The second-order valence-electron chi connectivity index (χ2n) is 13.4. The molecule has 1 aliphatic carbocycles. The maximum absolute atomic E-state index is 6.13. The number of furan rings is 1. The molecule has 45 heavy (non-hydrogen) atoms. The van der Waals surface area contributed by atoms with Crippen LogP contribution in [0.5, 0.6) is 0 Å². The van der Waals surface area contributed by atoms with Crippen molar-refractivity contribution in [2.24, 2.45) is 5.92 Å². The summed E-state index contributed by atoms with van der Waals surface area (Å²) in [6.07, 6.45) is 9.90. The van der Waals surface area contributed by atoms with E-state index in [1.807, 2.05) is 43.5 Å². The summed E-state index contributed by atoms with van der Waals surface area (Å²) in [7, 11) is 0. The van der Waals surface area contributed by atoms with Crippen molar-refractivity contribution in [1.29, 1.82) is 0 Å². The molecule has 0 spiro atoms. The van der Waals surface area contributed by atoms with Crippen LogP contribution < -0.4 is 4.40 Å². The molecule has 0 bridgehead atoms. The number of aryl methyl sites for hydroxylation is 2. The molecule has 0 amide bonds. The number of pyridine rings is 3. The van der Waals surface area contributed by atoms with Crippen molar-refractivity contribution in [2.45, 2.75) is 70.1 Å². The molecule has 233 valence electrons. The number of hydrogen-bond donors (Lipinski definition) is 0. The molecule has 6 heteroatoms. The molecular formula is C39H41GeIrN3O-2. The first-order valence-corrected chi connectivity index (χ1v) is 23.2. The van der Waals surface area contributed by atoms with Gasteiger partial charge in [0.15, 0.2) is 0 Å². The second-order valence-corrected chi connectivity index (χ2v) is 23.9. The Labute approximate surface area is 283 Å². The summed E-state index contributed by atoms with van der Waals surface area (Å²) in [5, 5.41) is 2.14. The molecule has 6 aromatic rings. The molecule has 0 aliphatic heterocycles. The van der Waals surface area contributed by atoms with E-state index in [4.69, 9.17) is 9.40 Å². The third kappa shape index (κ3) is 7.32. The summed E-state index contributed by atoms with van der Waals surface area (Å²) in [5.74, 6) is 7.99. The molecular weight excluding hydrogens is 791 g/mol. The van der Waals surface area contributed by atoms with Gasteiger partial charge in [-0.25, -0.2) is 4.98 Å². The van der Waals surface area contributed by atoms with Crippen molar-refractivity contribution >= 4 is 39.7 Å². The van der Waals surface area contributed by atoms with Crippen molar-refractivity contribution in [3.63, 3.8) is 0 Å². The van der Waals surface area contributed by atoms with Crippen LogP contribution in [-0.4, -0.2) is 28.2 Å². The van der Waals surface area contributed by atoms with Crippen molar-refractivity contribution in [2.75, 3.05) is 0 Å². The van der Waals surface area contributed by atoms with E-state index in [1.165, 1.54) is 29.5 Å². The Kier molecular flexibility index (Phi) is 10.4. The summed E-state index contributed by atoms with van der Waals surface area (Å²) in [6.45, 7) is 6.55. The molecule has 1 radical (unpaired) electrons. The standard InChI is InChI=1S/C21H17N2O.C18H24GeN.Ir/c1-13-9-10-17-16-7-4-8-18(20(16)24-21(17)23-13)19-15-6-3-2-5-14(15)11-12-22-19;1-14(2)11-16-12-18(15-9-7-6-8-10-15)20-13-17(16)19(3,4)5;/h4,7,9-12H,2-3,5-6H2,1H3;6-9,12-14H,11H2,1-5H3;/q2*-1;. The van der Waals surface area contributed by atoms with Crippen LogP contribution in [0.3, 0.4) is 0 Å². The van der Waals surface area contributed by atoms with Crippen LogP contribution in [0.4, 0.5) is 0 Å². The largest absolute Gasteiger partial charge is 0.486 e. The van der Waals surface area contributed by atoms with Crippen LogP contribution in [0.1, 0.15) is 49.1 Å². The van der Waals surface area contributed by atoms with E-state index in [9.17, 15) is 0 Å². The minimum atomic E-state index is -1.86. The van der Waals surface area contributed by atoms with Gasteiger partial charge in [-0.05, 0) is 56.5 Å². The zero-order chi connectivity index (χ0) is 30.8. The Morgan fingerprint density at radius 1 is 0.911 bits per heavy atom. The average Bonchev–Trinajstić information content (AvgIpc) is 3.38. The summed E-state index contributed by atoms with van der Waals surface area (Å²) >= 11 is -1.86. The van der Waals surface area contributed by atoms with E-state index < -0.39 is 13.3 Å². The van der Waals surface area contributed by atoms with Gasteiger partial charge in [-0.2, -0.15) is 0 Å². The number of aromatic nitrogens is 3. The molecule has 1 aliphatic rings. The average molecular weight is 833 g/mol. The Morgan fingerprint density at radius 3 is 2.49 bits per heavy atom. The van der Waals surface area contributed by atoms with Gasteiger partial charge in [0.1, 0.15) is 0 Å². The molecule has 4 heterocycles. The predicted molar refractivity (Wildman–Crippen MR) is 185 cm³/mol. The zero-order valence-electron chi connectivity index (χ0n) is 27.1. The molecule has 0 saturated carbocycles. The third-order valence-corrected chi connectivity index (χ3v) is 12.7. The molecule has 7 rings (SSSR count). The molecule has 4 nitrogen and oxygen atoms in total. The fourth-order valence-corrected chi connectivity index (χ4v) is 9.58. The van der Waals surface area contributed by atoms with Crippen LogP contribution in [0.2, 0.25) is 17.3 Å². The van der Waals surface area contributed by atoms with Gasteiger partial charge in [0.05, 0.1) is 5.58 Å². The van der Waals surface area contributed by atoms with Crippen molar-refractivity contribution in [3.8, 4) is 22.5 Å². The van der Waals surface area contributed by atoms with Gasteiger partial charge >= 0.3 is 126 Å². The Morgan fingerprint density at radius 2 is 1.73 bits per heavy atom. The molecule has 0 fully saturated rings. The molecule has 4 aromatic heterocycles. The van der Waals surface area contributed by atoms with Gasteiger partial charge in [-0.15, -0.1) is 18.2 Å².